The van der Waals surface area contributed by atoms with Gasteiger partial charge in [-0.1, -0.05) is 15.9 Å². The lowest BCUT2D eigenvalue weighted by Crippen LogP contribution is -1.93. The zero-order valence-electron chi connectivity index (χ0n) is 11.0. The maximum atomic E-state index is 13.5. The predicted octanol–water partition coefficient (Wildman–Crippen LogP) is 5.61. The van der Waals surface area contributed by atoms with Crippen LogP contribution in [0, 0.1) is 23.3 Å². The van der Waals surface area contributed by atoms with Gasteiger partial charge in [-0.2, -0.15) is 0 Å². The van der Waals surface area contributed by atoms with Crippen LogP contribution in [0.5, 0.6) is 5.88 Å². The fourth-order valence-corrected chi connectivity index (χ4v) is 2.35. The molecule has 0 radical (unpaired) electrons. The quantitative estimate of drug-likeness (QED) is 0.335. The van der Waals surface area contributed by atoms with Crippen LogP contribution in [0.2, 0.25) is 0 Å². The minimum Gasteiger partial charge on any atom is -0.493 e. The van der Waals surface area contributed by atoms with E-state index in [9.17, 15) is 22.7 Å². The Morgan fingerprint density at radius 3 is 2.17 bits per heavy atom. The SMILES string of the molecule is Oc1[nH]c2ccc(Br)cc2c1N=Nc1c(F)c(F)cc(F)c1F. The van der Waals surface area contributed by atoms with Crippen molar-refractivity contribution in [1.29, 1.82) is 0 Å². The molecule has 1 heterocycles. The van der Waals surface area contributed by atoms with Gasteiger partial charge in [0.25, 0.3) is 0 Å². The zero-order chi connectivity index (χ0) is 16.7. The van der Waals surface area contributed by atoms with Crippen molar-refractivity contribution in [3.8, 4) is 5.88 Å². The van der Waals surface area contributed by atoms with Gasteiger partial charge in [0.15, 0.2) is 34.6 Å². The van der Waals surface area contributed by atoms with Gasteiger partial charge >= 0.3 is 0 Å². The lowest BCUT2D eigenvalue weighted by molar-refractivity contribution is 0.455. The maximum absolute atomic E-state index is 13.5. The van der Waals surface area contributed by atoms with E-state index in [0.29, 0.717) is 15.4 Å². The largest absolute Gasteiger partial charge is 0.493 e. The van der Waals surface area contributed by atoms with E-state index in [1.54, 1.807) is 18.2 Å². The highest BCUT2D eigenvalue weighted by Crippen LogP contribution is 2.38. The van der Waals surface area contributed by atoms with Crippen molar-refractivity contribution in [3.63, 3.8) is 0 Å². The lowest BCUT2D eigenvalue weighted by atomic mass is 10.2. The molecule has 0 fully saturated rings. The summed E-state index contributed by atoms with van der Waals surface area (Å²) in [5.41, 5.74) is -0.845. The number of halogens is 5. The molecule has 118 valence electrons. The monoisotopic (exact) mass is 387 g/mol. The number of hydrogen-bond donors (Lipinski definition) is 2. The number of hydrogen-bond acceptors (Lipinski definition) is 3. The third kappa shape index (κ3) is 2.67. The van der Waals surface area contributed by atoms with Crippen molar-refractivity contribution in [3.05, 3.63) is 52.0 Å². The average molecular weight is 388 g/mol. The summed E-state index contributed by atoms with van der Waals surface area (Å²) in [4.78, 5) is 2.59. The fraction of sp³-hybridized carbons (Fsp3) is 0. The highest BCUT2D eigenvalue weighted by molar-refractivity contribution is 9.10. The molecule has 2 N–H and O–H groups in total. The van der Waals surface area contributed by atoms with Crippen LogP contribution in [0.15, 0.2) is 39.0 Å². The third-order valence-corrected chi connectivity index (χ3v) is 3.55. The maximum Gasteiger partial charge on any atom is 0.218 e. The second-order valence-corrected chi connectivity index (χ2v) is 5.44. The van der Waals surface area contributed by atoms with E-state index in [4.69, 9.17) is 0 Å². The first kappa shape index (κ1) is 15.5. The molecule has 1 aromatic heterocycles. The number of nitrogens with one attached hydrogen (secondary N) is 1. The Labute approximate surface area is 134 Å². The van der Waals surface area contributed by atoms with Crippen molar-refractivity contribution in [2.45, 2.75) is 0 Å². The normalized spacial score (nSPS) is 11.7. The summed E-state index contributed by atoms with van der Waals surface area (Å²) in [7, 11) is 0. The summed E-state index contributed by atoms with van der Waals surface area (Å²) in [5, 5.41) is 16.9. The average Bonchev–Trinajstić information content (AvgIpc) is 2.80. The Morgan fingerprint density at radius 1 is 0.913 bits per heavy atom. The van der Waals surface area contributed by atoms with Crippen molar-refractivity contribution >= 4 is 38.2 Å². The van der Waals surface area contributed by atoms with Gasteiger partial charge in [-0.05, 0) is 18.2 Å². The second-order valence-electron chi connectivity index (χ2n) is 4.53. The first-order chi connectivity index (χ1) is 10.9. The van der Waals surface area contributed by atoms with Crippen LogP contribution in [0.25, 0.3) is 10.9 Å². The minimum absolute atomic E-state index is 0.0734. The Morgan fingerprint density at radius 2 is 1.52 bits per heavy atom. The van der Waals surface area contributed by atoms with E-state index in [-0.39, 0.29) is 11.8 Å². The molecule has 3 aromatic rings. The van der Waals surface area contributed by atoms with E-state index >= 15 is 0 Å². The van der Waals surface area contributed by atoms with Crippen LogP contribution < -0.4 is 0 Å². The summed E-state index contributed by atoms with van der Waals surface area (Å²) < 4.78 is 54.0. The van der Waals surface area contributed by atoms with Crippen molar-refractivity contribution in [1.82, 2.24) is 4.98 Å². The number of fused-ring (bicyclic) bond motifs is 1. The number of rotatable bonds is 2. The van der Waals surface area contributed by atoms with Gasteiger partial charge in [0.1, 0.15) is 0 Å². The molecule has 4 nitrogen and oxygen atoms in total. The third-order valence-electron chi connectivity index (χ3n) is 3.05. The van der Waals surface area contributed by atoms with Crippen LogP contribution in [-0.4, -0.2) is 10.1 Å². The molecular weight excluding hydrogens is 382 g/mol. The standard InChI is InChI=1S/C14H6BrF4N3O/c15-5-1-2-9-6(3-5)12(14(23)20-9)21-22-13-10(18)7(16)4-8(17)11(13)19/h1-4,20,23H. The van der Waals surface area contributed by atoms with Gasteiger partial charge < -0.3 is 10.1 Å². The molecule has 0 saturated heterocycles. The Bertz CT molecular complexity index is 929. The van der Waals surface area contributed by atoms with Gasteiger partial charge in [-0.15, -0.1) is 10.2 Å². The molecule has 0 aliphatic carbocycles. The number of azo groups is 1. The van der Waals surface area contributed by atoms with Crippen LogP contribution in [-0.2, 0) is 0 Å². The van der Waals surface area contributed by atoms with Gasteiger partial charge in [0.2, 0.25) is 5.88 Å². The zero-order valence-corrected chi connectivity index (χ0v) is 12.6. The first-order valence-corrected chi connectivity index (χ1v) is 6.92. The Balaban J connectivity index is 2.15. The summed E-state index contributed by atoms with van der Waals surface area (Å²) in [6.45, 7) is 0. The first-order valence-electron chi connectivity index (χ1n) is 6.13. The Hall–Kier alpha value is -2.42. The summed E-state index contributed by atoms with van der Waals surface area (Å²) >= 11 is 3.23. The topological polar surface area (TPSA) is 60.7 Å². The smallest absolute Gasteiger partial charge is 0.218 e. The molecule has 0 bridgehead atoms. The predicted molar refractivity (Wildman–Crippen MR) is 78.1 cm³/mol. The molecule has 3 rings (SSSR count). The number of nitrogens with zero attached hydrogens (tertiary/aromatic N) is 2. The van der Waals surface area contributed by atoms with Gasteiger partial charge in [-0.25, -0.2) is 17.6 Å². The van der Waals surface area contributed by atoms with Crippen molar-refractivity contribution in [2.24, 2.45) is 10.2 Å². The number of aromatic hydroxyl groups is 1. The van der Waals surface area contributed by atoms with Crippen molar-refractivity contribution in [2.75, 3.05) is 0 Å². The van der Waals surface area contributed by atoms with E-state index in [1.807, 2.05) is 0 Å². The molecular formula is C14H6BrF4N3O. The highest BCUT2D eigenvalue weighted by atomic mass is 79.9. The number of benzene rings is 2. The van der Waals surface area contributed by atoms with E-state index in [0.717, 1.165) is 0 Å². The minimum atomic E-state index is -1.67. The number of aromatic nitrogens is 1. The fourth-order valence-electron chi connectivity index (χ4n) is 1.99. The molecule has 0 atom stereocenters. The molecule has 0 saturated carbocycles. The molecule has 23 heavy (non-hydrogen) atoms. The highest BCUT2D eigenvalue weighted by Gasteiger charge is 2.19. The molecule has 9 heteroatoms. The van der Waals surface area contributed by atoms with E-state index in [2.05, 4.69) is 31.1 Å². The summed E-state index contributed by atoms with van der Waals surface area (Å²) in [5.74, 6) is -6.94. The van der Waals surface area contributed by atoms with Gasteiger partial charge in [0, 0.05) is 15.9 Å². The van der Waals surface area contributed by atoms with E-state index in [1.165, 1.54) is 0 Å². The second kappa shape index (κ2) is 5.65. The molecule has 0 spiro atoms. The van der Waals surface area contributed by atoms with Gasteiger partial charge in [-0.3, -0.25) is 0 Å². The molecule has 2 aromatic carbocycles. The summed E-state index contributed by atoms with van der Waals surface area (Å²) in [6, 6.07) is 4.98. The molecule has 0 unspecified atom stereocenters. The van der Waals surface area contributed by atoms with Crippen LogP contribution >= 0.6 is 15.9 Å². The lowest BCUT2D eigenvalue weighted by Gasteiger charge is -2.00. The Kier molecular flexibility index (Phi) is 3.80. The van der Waals surface area contributed by atoms with Gasteiger partial charge in [0.05, 0.1) is 5.52 Å². The van der Waals surface area contributed by atoms with Crippen LogP contribution in [0.3, 0.4) is 0 Å². The molecule has 0 aliphatic heterocycles. The molecule has 0 aliphatic rings. The number of H-pyrrole nitrogens is 1. The van der Waals surface area contributed by atoms with Crippen molar-refractivity contribution < 1.29 is 22.7 Å². The van der Waals surface area contributed by atoms with Crippen LogP contribution in [0.4, 0.5) is 28.9 Å². The molecule has 0 amide bonds. The summed E-state index contributed by atoms with van der Waals surface area (Å²) in [6.07, 6.45) is 0. The van der Waals surface area contributed by atoms with Crippen LogP contribution in [0.1, 0.15) is 0 Å². The van der Waals surface area contributed by atoms with E-state index < -0.39 is 34.8 Å². The number of aromatic amines is 1.